The van der Waals surface area contributed by atoms with Crippen molar-refractivity contribution in [2.45, 2.75) is 0 Å². The summed E-state index contributed by atoms with van der Waals surface area (Å²) in [4.78, 5) is 29.3. The van der Waals surface area contributed by atoms with Crippen molar-refractivity contribution in [2.75, 3.05) is 0 Å². The molecule has 4 N–H and O–H groups in total. The molecule has 9 heteroatoms. The summed E-state index contributed by atoms with van der Waals surface area (Å²) in [5, 5.41) is 0. The molecule has 0 saturated heterocycles. The first kappa shape index (κ1) is 30.5. The summed E-state index contributed by atoms with van der Waals surface area (Å²) in [7, 11) is -4.61. The molecule has 0 aliphatic heterocycles. The zero-order chi connectivity index (χ0) is 4.50. The predicted molar refractivity (Wildman–Crippen MR) is 47.5 cm³/mol. The molecule has 0 amide bonds. The van der Waals surface area contributed by atoms with E-state index >= 15 is 0 Å². The fraction of sp³-hybridized carbons (Fsp3) is 0. The molecule has 0 radical (unpaired) electrons. The Morgan fingerprint density at radius 1 is 0.889 bits per heavy atom. The molecule has 0 aliphatic rings. The minimum absolute atomic E-state index is 0. The topological polar surface area (TPSA) is 80.9 Å². The summed E-state index contributed by atoms with van der Waals surface area (Å²) in [6, 6.07) is 0. The van der Waals surface area contributed by atoms with Crippen molar-refractivity contribution < 1.29 is 19.2 Å². The third-order valence-electron chi connectivity index (χ3n) is 0. The number of halogens is 1. The van der Waals surface area contributed by atoms with E-state index < -0.39 is 9.05 Å². The van der Waals surface area contributed by atoms with E-state index in [0.29, 0.717) is 0 Å². The van der Waals surface area contributed by atoms with Gasteiger partial charge >= 0.3 is 48.7 Å². The van der Waals surface area contributed by atoms with Crippen LogP contribution in [0, 0.1) is 0 Å². The molecular weight excluding hydrogens is 187 g/mol. The Hall–Kier alpha value is 2.05. The molecule has 0 spiro atoms. The average molecular weight is 198 g/mol. The Morgan fingerprint density at radius 2 is 0.889 bits per heavy atom. The van der Waals surface area contributed by atoms with Gasteiger partial charge in [-0.1, -0.05) is 0 Å². The van der Waals surface area contributed by atoms with Crippen LogP contribution in [0.5, 0.6) is 0 Å². The van der Waals surface area contributed by atoms with Crippen LogP contribution < -0.4 is 0 Å². The maximum atomic E-state index is 7.33. The van der Waals surface area contributed by atoms with Gasteiger partial charge in [-0.2, -0.15) is 0 Å². The molecule has 0 saturated carbocycles. The average Bonchev–Trinajstić information content (AvgIpc) is 0.722. The van der Waals surface area contributed by atoms with Crippen LogP contribution >= 0.6 is 12.4 Å². The molecule has 52 valence electrons. The van der Waals surface area contributed by atoms with Gasteiger partial charge in [-0.05, 0) is 0 Å². The predicted octanol–water partition coefficient (Wildman–Crippen LogP) is -4.94. The van der Waals surface area contributed by atoms with Gasteiger partial charge in [0, 0.05) is 0 Å². The maximum absolute atomic E-state index is 7.33. The first-order valence-electron chi connectivity index (χ1n) is 0.894. The summed E-state index contributed by atoms with van der Waals surface area (Å²) in [6.07, 6.45) is 0. The zero-order valence-corrected chi connectivity index (χ0v) is 4.51. The fourth-order valence-corrected chi connectivity index (χ4v) is 0. The van der Waals surface area contributed by atoms with Gasteiger partial charge in [-0.25, -0.2) is 0 Å². The monoisotopic (exact) mass is 197 g/mol. The Labute approximate surface area is 96.8 Å². The molecule has 9 heavy (non-hydrogen) atoms. The molecule has 0 atom stereocenters. The Bertz CT molecular complexity index is 36.0. The second kappa shape index (κ2) is 12.7. The van der Waals surface area contributed by atoms with E-state index in [4.69, 9.17) is 19.2 Å². The molecule has 4 nitrogen and oxygen atoms in total. The molecule has 0 aromatic heterocycles. The molecule has 0 aromatic carbocycles. The van der Waals surface area contributed by atoms with Gasteiger partial charge in [0.1, 0.15) is 0 Å². The molecule has 0 rings (SSSR count). The van der Waals surface area contributed by atoms with Crippen LogP contribution in [0.2, 0.25) is 0 Å². The third kappa shape index (κ3) is 155. The van der Waals surface area contributed by atoms with Crippen LogP contribution in [0.4, 0.5) is 0 Å². The first-order valence-corrected chi connectivity index (χ1v) is 2.68. The summed E-state index contributed by atoms with van der Waals surface area (Å²) in [6.45, 7) is 0. The van der Waals surface area contributed by atoms with Gasteiger partial charge in [-0.15, -0.1) is 12.4 Å². The molecular formula is H11AlBeClNaO4Si. The summed E-state index contributed by atoms with van der Waals surface area (Å²) in [5.74, 6) is 0. The van der Waals surface area contributed by atoms with Gasteiger partial charge in [0.05, 0.1) is 0 Å². The third-order valence-corrected chi connectivity index (χ3v) is 0. The van der Waals surface area contributed by atoms with Crippen molar-refractivity contribution in [1.29, 1.82) is 0 Å². The van der Waals surface area contributed by atoms with Gasteiger partial charge in [0.2, 0.25) is 0 Å². The van der Waals surface area contributed by atoms with E-state index in [1.807, 2.05) is 0 Å². The van der Waals surface area contributed by atoms with E-state index in [9.17, 15) is 0 Å². The Kier molecular flexibility index (Phi) is 43.0. The number of rotatable bonds is 0. The van der Waals surface area contributed by atoms with E-state index in [1.54, 1.807) is 0 Å². The standard InChI is InChI=1S/Al.Be.ClH.Na.H4O4Si.6H/c;;;;1-5(2,3)4;;;;;;/h;;1H;;1-4H;;;;;;. The van der Waals surface area contributed by atoms with Crippen LogP contribution in [-0.4, -0.2) is 85.3 Å². The second-order valence-corrected chi connectivity index (χ2v) is 1.80. The fourth-order valence-electron chi connectivity index (χ4n) is 0. The minimum atomic E-state index is -4.61. The zero-order valence-electron chi connectivity index (χ0n) is 2.70. The quantitative estimate of drug-likeness (QED) is 0.294. The SMILES string of the molecule is Cl.O[Si](O)(O)O.[AlH3].[BeH2].[NaH]. The van der Waals surface area contributed by atoms with E-state index in [0.717, 1.165) is 0 Å². The van der Waals surface area contributed by atoms with Crippen molar-refractivity contribution in [3.8, 4) is 0 Å². The van der Waals surface area contributed by atoms with Crippen molar-refractivity contribution >= 4 is 78.5 Å². The molecule has 0 unspecified atom stereocenters. The van der Waals surface area contributed by atoms with Crippen molar-refractivity contribution in [3.63, 3.8) is 0 Å². The second-order valence-electron chi connectivity index (χ2n) is 0.600. The Morgan fingerprint density at radius 3 is 0.889 bits per heavy atom. The van der Waals surface area contributed by atoms with Crippen LogP contribution in [0.15, 0.2) is 0 Å². The van der Waals surface area contributed by atoms with Crippen LogP contribution in [0.1, 0.15) is 0 Å². The molecule has 0 heterocycles. The summed E-state index contributed by atoms with van der Waals surface area (Å²) in [5.41, 5.74) is 0. The summed E-state index contributed by atoms with van der Waals surface area (Å²) >= 11 is 0. The molecule has 0 aliphatic carbocycles. The number of hydrogen-bond acceptors (Lipinski definition) is 4. The first-order chi connectivity index (χ1) is 2.00. The van der Waals surface area contributed by atoms with Crippen molar-refractivity contribution in [1.82, 2.24) is 0 Å². The van der Waals surface area contributed by atoms with Crippen LogP contribution in [0.3, 0.4) is 0 Å². The number of hydrogen-bond donors (Lipinski definition) is 4. The van der Waals surface area contributed by atoms with E-state index in [-0.39, 0.29) is 69.4 Å². The van der Waals surface area contributed by atoms with Crippen LogP contribution in [0.25, 0.3) is 0 Å². The van der Waals surface area contributed by atoms with Crippen LogP contribution in [-0.2, 0) is 0 Å². The van der Waals surface area contributed by atoms with E-state index in [2.05, 4.69) is 0 Å². The summed E-state index contributed by atoms with van der Waals surface area (Å²) < 4.78 is 0. The molecule has 0 aromatic rings. The van der Waals surface area contributed by atoms with Gasteiger partial charge in [0.25, 0.3) is 0 Å². The van der Waals surface area contributed by atoms with Gasteiger partial charge in [0.15, 0.2) is 17.4 Å². The van der Waals surface area contributed by atoms with Crippen molar-refractivity contribution in [3.05, 3.63) is 0 Å². The van der Waals surface area contributed by atoms with Gasteiger partial charge < -0.3 is 19.2 Å². The molecule has 0 fully saturated rings. The van der Waals surface area contributed by atoms with Gasteiger partial charge in [-0.3, -0.25) is 0 Å². The normalized spacial score (nSPS) is 6.67. The molecule has 0 bridgehead atoms. The Balaban J connectivity index is -0.0000000133. The van der Waals surface area contributed by atoms with E-state index in [1.165, 1.54) is 0 Å². The van der Waals surface area contributed by atoms with Crippen molar-refractivity contribution in [2.24, 2.45) is 0 Å².